The quantitative estimate of drug-likeness (QED) is 0.247. The number of hydrazine groups is 1. The minimum Gasteiger partial charge on any atom is -0.382 e. The zero-order chi connectivity index (χ0) is 20.1. The van der Waals surface area contributed by atoms with Crippen LogP contribution in [0.4, 0.5) is 11.6 Å². The lowest BCUT2D eigenvalue weighted by molar-refractivity contribution is 0.0999. The van der Waals surface area contributed by atoms with E-state index < -0.39 is 21.7 Å². The van der Waals surface area contributed by atoms with E-state index in [9.17, 15) is 13.2 Å². The van der Waals surface area contributed by atoms with Gasteiger partial charge in [0.2, 0.25) is 0 Å². The number of amides is 1. The van der Waals surface area contributed by atoms with E-state index in [1.54, 1.807) is 20.8 Å². The number of nitrogens with zero attached hydrogens (tertiary/aromatic N) is 3. The molecule has 1 heterocycles. The lowest BCUT2D eigenvalue weighted by Gasteiger charge is -2.20. The second-order valence-corrected chi connectivity index (χ2v) is 8.33. The number of nitrogen functional groups attached to an aromatic ring is 1. The van der Waals surface area contributed by atoms with E-state index in [-0.39, 0.29) is 28.5 Å². The molecule has 1 amide bonds. The lowest BCUT2D eigenvalue weighted by atomic mass is 10.1. The summed E-state index contributed by atoms with van der Waals surface area (Å²) in [5.74, 6) is -0.753. The highest BCUT2D eigenvalue weighted by atomic mass is 35.5. The van der Waals surface area contributed by atoms with Gasteiger partial charge in [-0.3, -0.25) is 10.2 Å². The van der Waals surface area contributed by atoms with Gasteiger partial charge in [-0.25, -0.2) is 9.97 Å². The molecule has 26 heavy (non-hydrogen) atoms. The van der Waals surface area contributed by atoms with E-state index >= 15 is 0 Å². The van der Waals surface area contributed by atoms with Gasteiger partial charge in [0.05, 0.1) is 0 Å². The Morgan fingerprint density at radius 2 is 1.92 bits per heavy atom. The molecule has 1 aromatic rings. The molecular formula is C13H23ClN8O3S. The van der Waals surface area contributed by atoms with Crippen LogP contribution in [0, 0.1) is 0 Å². The molecule has 0 unspecified atom stereocenters. The minimum absolute atomic E-state index is 0.0329. The monoisotopic (exact) mass is 406 g/mol. The van der Waals surface area contributed by atoms with Crippen LogP contribution in [0.25, 0.3) is 0 Å². The zero-order valence-corrected chi connectivity index (χ0v) is 16.7. The Balaban J connectivity index is 2.76. The van der Waals surface area contributed by atoms with Gasteiger partial charge in [-0.05, 0) is 34.6 Å². The molecule has 1 aromatic heterocycles. The Hall–Kier alpha value is -2.02. The van der Waals surface area contributed by atoms with Crippen LogP contribution in [0.3, 0.4) is 0 Å². The van der Waals surface area contributed by atoms with Crippen molar-refractivity contribution < 1.29 is 13.2 Å². The van der Waals surface area contributed by atoms with Crippen LogP contribution >= 0.6 is 11.6 Å². The van der Waals surface area contributed by atoms with Crippen molar-refractivity contribution in [3.05, 3.63) is 10.8 Å². The molecule has 146 valence electrons. The van der Waals surface area contributed by atoms with Gasteiger partial charge >= 0.3 is 5.91 Å². The highest BCUT2D eigenvalue weighted by Gasteiger charge is 2.19. The first kappa shape index (κ1) is 22.0. The predicted octanol–water partition coefficient (Wildman–Crippen LogP) is 0.428. The predicted molar refractivity (Wildman–Crippen MR) is 101 cm³/mol. The number of carbonyl (C=O) groups excluding carboxylic acids is 1. The first-order chi connectivity index (χ1) is 11.8. The average molecular weight is 407 g/mol. The van der Waals surface area contributed by atoms with E-state index in [0.29, 0.717) is 0 Å². The molecule has 0 spiro atoms. The molecule has 0 aromatic carbocycles. The fourth-order valence-electron chi connectivity index (χ4n) is 1.64. The third-order valence-corrected chi connectivity index (χ3v) is 3.92. The molecule has 0 atom stereocenters. The first-order valence-corrected chi connectivity index (χ1v) is 9.39. The third kappa shape index (κ3) is 7.47. The van der Waals surface area contributed by atoms with Crippen molar-refractivity contribution in [3.63, 3.8) is 0 Å². The van der Waals surface area contributed by atoms with Crippen LogP contribution in [0.15, 0.2) is 4.99 Å². The number of anilines is 2. The molecule has 0 saturated heterocycles. The second-order valence-electron chi connectivity index (χ2n) is 6.56. The lowest BCUT2D eigenvalue weighted by Crippen LogP contribution is -2.50. The maximum Gasteiger partial charge on any atom is 0.300 e. The Labute approximate surface area is 157 Å². The molecule has 0 saturated carbocycles. The van der Waals surface area contributed by atoms with Crippen molar-refractivity contribution in [2.24, 2.45) is 4.99 Å². The molecule has 0 radical (unpaired) electrons. The standard InChI is InChI=1S/C13H23ClN8O3S/c1-7(2)18-11-9(14)19-8(10(15)20-11)12(23)16-6-17-22-26(24,25)21-13(3,4)5/h6-7,21-22H,1-5H3,(H3,15,18,20)(H,16,17,23). The van der Waals surface area contributed by atoms with E-state index in [2.05, 4.69) is 30.4 Å². The molecule has 0 aliphatic carbocycles. The van der Waals surface area contributed by atoms with Gasteiger partial charge in [0.15, 0.2) is 22.5 Å². The van der Waals surface area contributed by atoms with Crippen molar-refractivity contribution in [3.8, 4) is 0 Å². The van der Waals surface area contributed by atoms with E-state index in [4.69, 9.17) is 17.3 Å². The fourth-order valence-corrected chi connectivity index (χ4v) is 2.88. The molecule has 6 N–H and O–H groups in total. The molecule has 0 fully saturated rings. The van der Waals surface area contributed by atoms with Crippen molar-refractivity contribution in [2.45, 2.75) is 46.2 Å². The second kappa shape index (κ2) is 8.58. The Morgan fingerprint density at radius 3 is 2.46 bits per heavy atom. The number of nitrogens with one attached hydrogen (secondary N) is 4. The Morgan fingerprint density at radius 1 is 1.31 bits per heavy atom. The summed E-state index contributed by atoms with van der Waals surface area (Å²) >= 11 is 5.96. The summed E-state index contributed by atoms with van der Waals surface area (Å²) in [6.45, 7) is 8.77. The van der Waals surface area contributed by atoms with Gasteiger partial charge in [-0.1, -0.05) is 11.6 Å². The SMILES string of the molecule is CC(C)Nc1nc(N)c(C(=O)N=CNNS(=O)(=O)NC(C)(C)C)nc1Cl. The number of hydrogen-bond acceptors (Lipinski definition) is 7. The molecular weight excluding hydrogens is 384 g/mol. The average Bonchev–Trinajstić information content (AvgIpc) is 2.43. The van der Waals surface area contributed by atoms with E-state index in [1.165, 1.54) is 0 Å². The third-order valence-electron chi connectivity index (χ3n) is 2.39. The van der Waals surface area contributed by atoms with Crippen LogP contribution < -0.4 is 26.0 Å². The van der Waals surface area contributed by atoms with E-state index in [0.717, 1.165) is 6.34 Å². The van der Waals surface area contributed by atoms with Gasteiger partial charge in [0.25, 0.3) is 10.2 Å². The van der Waals surface area contributed by atoms with Crippen molar-refractivity contribution in [1.82, 2.24) is 24.9 Å². The number of aromatic nitrogens is 2. The van der Waals surface area contributed by atoms with Crippen molar-refractivity contribution in [2.75, 3.05) is 11.1 Å². The number of hydrogen-bond donors (Lipinski definition) is 5. The summed E-state index contributed by atoms with van der Waals surface area (Å²) in [4.78, 5) is 25.3. The fraction of sp³-hybridized carbons (Fsp3) is 0.538. The van der Waals surface area contributed by atoms with Gasteiger partial charge in [-0.2, -0.15) is 18.1 Å². The van der Waals surface area contributed by atoms with Crippen LogP contribution in [-0.4, -0.2) is 42.2 Å². The number of nitrogens with two attached hydrogens (primary N) is 1. The number of halogens is 1. The highest BCUT2D eigenvalue weighted by molar-refractivity contribution is 7.87. The number of rotatable bonds is 7. The van der Waals surface area contributed by atoms with Gasteiger partial charge < -0.3 is 11.1 Å². The zero-order valence-electron chi connectivity index (χ0n) is 15.1. The largest absolute Gasteiger partial charge is 0.382 e. The molecule has 1 rings (SSSR count). The van der Waals surface area contributed by atoms with Crippen LogP contribution in [0.1, 0.15) is 45.1 Å². The summed E-state index contributed by atoms with van der Waals surface area (Å²) in [7, 11) is -3.83. The molecule has 0 bridgehead atoms. The molecule has 11 nitrogen and oxygen atoms in total. The normalized spacial score (nSPS) is 12.6. The number of aliphatic imine (C=N–C) groups is 1. The van der Waals surface area contributed by atoms with Crippen LogP contribution in [0.5, 0.6) is 0 Å². The van der Waals surface area contributed by atoms with Crippen molar-refractivity contribution in [1.29, 1.82) is 0 Å². The number of carbonyl (C=O) groups is 1. The Kier molecular flexibility index (Phi) is 7.26. The van der Waals surface area contributed by atoms with Crippen LogP contribution in [-0.2, 0) is 10.2 Å². The molecule has 0 aliphatic heterocycles. The molecule has 13 heteroatoms. The highest BCUT2D eigenvalue weighted by Crippen LogP contribution is 2.21. The van der Waals surface area contributed by atoms with Crippen LogP contribution in [0.2, 0.25) is 5.15 Å². The minimum atomic E-state index is -3.83. The topological polar surface area (TPSA) is 163 Å². The summed E-state index contributed by atoms with van der Waals surface area (Å²) in [6, 6.07) is 0.0414. The van der Waals surface area contributed by atoms with Crippen molar-refractivity contribution >= 4 is 45.7 Å². The Bertz CT molecular complexity index is 789. The smallest absolute Gasteiger partial charge is 0.300 e. The van der Waals surface area contributed by atoms with Gasteiger partial charge in [0, 0.05) is 11.6 Å². The van der Waals surface area contributed by atoms with Gasteiger partial charge in [-0.15, -0.1) is 4.83 Å². The summed E-state index contributed by atoms with van der Waals surface area (Å²) in [6.07, 6.45) is 0.847. The summed E-state index contributed by atoms with van der Waals surface area (Å²) in [5, 5.41) is 2.90. The maximum absolute atomic E-state index is 12.0. The summed E-state index contributed by atoms with van der Waals surface area (Å²) < 4.78 is 25.7. The van der Waals surface area contributed by atoms with Gasteiger partial charge in [0.1, 0.15) is 6.34 Å². The first-order valence-electron chi connectivity index (χ1n) is 7.53. The maximum atomic E-state index is 12.0. The summed E-state index contributed by atoms with van der Waals surface area (Å²) in [5.41, 5.74) is 6.95. The van der Waals surface area contributed by atoms with E-state index in [1.807, 2.05) is 18.7 Å². The molecule has 0 aliphatic rings.